The lowest BCUT2D eigenvalue weighted by molar-refractivity contribution is -0.137. The van der Waals surface area contributed by atoms with Crippen molar-refractivity contribution in [2.75, 3.05) is 45.9 Å². The fourth-order valence-electron chi connectivity index (χ4n) is 3.00. The summed E-state index contributed by atoms with van der Waals surface area (Å²) < 4.78 is 5.27. The summed E-state index contributed by atoms with van der Waals surface area (Å²) in [7, 11) is 0. The van der Waals surface area contributed by atoms with Gasteiger partial charge in [0, 0.05) is 25.7 Å². The normalized spacial score (nSPS) is 28.8. The minimum atomic E-state index is 0. The number of carbonyl (C=O) groups excluding carboxylic acids is 1. The molecule has 2 N–H and O–H groups in total. The van der Waals surface area contributed by atoms with Crippen LogP contribution in [-0.4, -0.2) is 67.7 Å². The number of nitrogens with two attached hydrogens (primary N) is 1. The summed E-state index contributed by atoms with van der Waals surface area (Å²) in [5.41, 5.74) is 5.85. The number of halogens is 1. The van der Waals surface area contributed by atoms with Crippen LogP contribution in [0, 0.1) is 5.92 Å². The van der Waals surface area contributed by atoms with Crippen molar-refractivity contribution in [3.8, 4) is 0 Å². The summed E-state index contributed by atoms with van der Waals surface area (Å²) in [6, 6.07) is 0.365. The van der Waals surface area contributed by atoms with E-state index in [4.69, 9.17) is 10.5 Å². The number of ether oxygens (including phenoxy) is 1. The van der Waals surface area contributed by atoms with Crippen molar-refractivity contribution in [2.24, 2.45) is 11.7 Å². The number of carbonyl (C=O) groups is 1. The number of piperidine rings is 1. The standard InChI is InChI=1S/C13H25N3O2.ClH/c1-11-3-2-4-16(12(11)9-14)10-13(17)15-5-7-18-8-6-15;/h11-12H,2-10,14H2,1H3;1H. The lowest BCUT2D eigenvalue weighted by Gasteiger charge is -2.40. The number of morpholine rings is 1. The monoisotopic (exact) mass is 291 g/mol. The third kappa shape index (κ3) is 4.31. The molecule has 0 radical (unpaired) electrons. The Morgan fingerprint density at radius 2 is 2.00 bits per heavy atom. The average molecular weight is 292 g/mol. The second kappa shape index (κ2) is 8.04. The summed E-state index contributed by atoms with van der Waals surface area (Å²) in [6.45, 7) is 7.21. The van der Waals surface area contributed by atoms with E-state index >= 15 is 0 Å². The molecule has 0 spiro atoms. The first kappa shape index (κ1) is 16.7. The van der Waals surface area contributed by atoms with Crippen molar-refractivity contribution >= 4 is 18.3 Å². The van der Waals surface area contributed by atoms with Crippen LogP contribution < -0.4 is 5.73 Å². The second-order valence-electron chi connectivity index (χ2n) is 5.39. The van der Waals surface area contributed by atoms with Gasteiger partial charge in [0.2, 0.25) is 5.91 Å². The van der Waals surface area contributed by atoms with Crippen LogP contribution in [0.15, 0.2) is 0 Å². The van der Waals surface area contributed by atoms with E-state index in [1.54, 1.807) is 0 Å². The maximum absolute atomic E-state index is 12.2. The SMILES string of the molecule is CC1CCCN(CC(=O)N2CCOCC2)C1CN.Cl. The molecule has 0 bridgehead atoms. The second-order valence-corrected chi connectivity index (χ2v) is 5.39. The van der Waals surface area contributed by atoms with Gasteiger partial charge in [-0.25, -0.2) is 0 Å². The molecule has 112 valence electrons. The highest BCUT2D eigenvalue weighted by atomic mass is 35.5. The highest BCUT2D eigenvalue weighted by molar-refractivity contribution is 5.85. The van der Waals surface area contributed by atoms with Gasteiger partial charge < -0.3 is 15.4 Å². The van der Waals surface area contributed by atoms with Gasteiger partial charge in [-0.15, -0.1) is 12.4 Å². The van der Waals surface area contributed by atoms with Gasteiger partial charge >= 0.3 is 0 Å². The number of amides is 1. The molecule has 0 saturated carbocycles. The molecule has 2 aliphatic heterocycles. The van der Waals surface area contributed by atoms with Crippen molar-refractivity contribution in [1.82, 2.24) is 9.80 Å². The van der Waals surface area contributed by atoms with E-state index in [0.717, 1.165) is 19.6 Å². The maximum atomic E-state index is 12.2. The third-order valence-corrected chi connectivity index (χ3v) is 4.17. The highest BCUT2D eigenvalue weighted by Crippen LogP contribution is 2.22. The molecule has 0 aromatic carbocycles. The predicted octanol–water partition coefficient (Wildman–Crippen LogP) is 0.326. The van der Waals surface area contributed by atoms with Crippen molar-refractivity contribution in [3.05, 3.63) is 0 Å². The average Bonchev–Trinajstić information content (AvgIpc) is 2.40. The number of nitrogens with zero attached hydrogens (tertiary/aromatic N) is 2. The molecule has 2 fully saturated rings. The van der Waals surface area contributed by atoms with Gasteiger partial charge in [0.15, 0.2) is 0 Å². The van der Waals surface area contributed by atoms with Gasteiger partial charge in [-0.1, -0.05) is 6.92 Å². The Morgan fingerprint density at radius 1 is 1.32 bits per heavy atom. The summed E-state index contributed by atoms with van der Waals surface area (Å²) in [5.74, 6) is 0.826. The summed E-state index contributed by atoms with van der Waals surface area (Å²) in [5, 5.41) is 0. The molecule has 2 saturated heterocycles. The Labute approximate surface area is 121 Å². The third-order valence-electron chi connectivity index (χ3n) is 4.17. The Balaban J connectivity index is 0.00000180. The fraction of sp³-hybridized carbons (Fsp3) is 0.923. The Hall–Kier alpha value is -0.360. The number of rotatable bonds is 3. The van der Waals surface area contributed by atoms with Crippen LogP contribution in [0.4, 0.5) is 0 Å². The van der Waals surface area contributed by atoms with Crippen LogP contribution in [0.1, 0.15) is 19.8 Å². The van der Waals surface area contributed by atoms with Gasteiger partial charge in [-0.3, -0.25) is 9.69 Å². The van der Waals surface area contributed by atoms with Gasteiger partial charge in [-0.05, 0) is 25.3 Å². The van der Waals surface area contributed by atoms with E-state index in [1.165, 1.54) is 12.8 Å². The molecule has 2 aliphatic rings. The van der Waals surface area contributed by atoms with Crippen LogP contribution in [0.25, 0.3) is 0 Å². The maximum Gasteiger partial charge on any atom is 0.236 e. The molecule has 19 heavy (non-hydrogen) atoms. The molecule has 2 atom stereocenters. The Morgan fingerprint density at radius 3 is 2.63 bits per heavy atom. The van der Waals surface area contributed by atoms with Gasteiger partial charge in [-0.2, -0.15) is 0 Å². The van der Waals surface area contributed by atoms with E-state index in [1.807, 2.05) is 4.90 Å². The number of hydrogen-bond acceptors (Lipinski definition) is 4. The lowest BCUT2D eigenvalue weighted by Crippen LogP contribution is -2.53. The first-order valence-corrected chi connectivity index (χ1v) is 7.02. The van der Waals surface area contributed by atoms with Crippen molar-refractivity contribution in [1.29, 1.82) is 0 Å². The topological polar surface area (TPSA) is 58.8 Å². The summed E-state index contributed by atoms with van der Waals surface area (Å²) in [4.78, 5) is 16.4. The van der Waals surface area contributed by atoms with Crippen LogP contribution in [0.5, 0.6) is 0 Å². The van der Waals surface area contributed by atoms with Crippen molar-refractivity contribution in [3.63, 3.8) is 0 Å². The van der Waals surface area contributed by atoms with E-state index in [-0.39, 0.29) is 18.3 Å². The molecule has 2 rings (SSSR count). The van der Waals surface area contributed by atoms with Crippen LogP contribution >= 0.6 is 12.4 Å². The zero-order chi connectivity index (χ0) is 13.0. The largest absolute Gasteiger partial charge is 0.378 e. The van der Waals surface area contributed by atoms with Crippen LogP contribution in [0.3, 0.4) is 0 Å². The molecule has 0 aromatic rings. The Bertz CT molecular complexity index is 285. The molecular weight excluding hydrogens is 266 g/mol. The number of likely N-dealkylation sites (tertiary alicyclic amines) is 1. The van der Waals surface area contributed by atoms with E-state index in [2.05, 4.69) is 11.8 Å². The quantitative estimate of drug-likeness (QED) is 0.814. The summed E-state index contributed by atoms with van der Waals surface area (Å²) >= 11 is 0. The lowest BCUT2D eigenvalue weighted by atomic mass is 9.91. The van der Waals surface area contributed by atoms with Crippen molar-refractivity contribution < 1.29 is 9.53 Å². The van der Waals surface area contributed by atoms with Crippen LogP contribution in [-0.2, 0) is 9.53 Å². The zero-order valence-electron chi connectivity index (χ0n) is 11.7. The minimum absolute atomic E-state index is 0. The first-order valence-electron chi connectivity index (χ1n) is 7.02. The molecule has 2 heterocycles. The van der Waals surface area contributed by atoms with Gasteiger partial charge in [0.1, 0.15) is 0 Å². The van der Waals surface area contributed by atoms with E-state index in [9.17, 15) is 4.79 Å². The van der Waals surface area contributed by atoms with Crippen molar-refractivity contribution in [2.45, 2.75) is 25.8 Å². The predicted molar refractivity (Wildman–Crippen MR) is 77.5 cm³/mol. The molecule has 1 amide bonds. The molecule has 0 aliphatic carbocycles. The Kier molecular flexibility index (Phi) is 7.07. The van der Waals surface area contributed by atoms with E-state index < -0.39 is 0 Å². The van der Waals surface area contributed by atoms with Crippen LogP contribution in [0.2, 0.25) is 0 Å². The smallest absolute Gasteiger partial charge is 0.236 e. The number of hydrogen-bond donors (Lipinski definition) is 1. The molecule has 2 unspecified atom stereocenters. The molecule has 6 heteroatoms. The molecule has 5 nitrogen and oxygen atoms in total. The van der Waals surface area contributed by atoms with Gasteiger partial charge in [0.25, 0.3) is 0 Å². The minimum Gasteiger partial charge on any atom is -0.378 e. The highest BCUT2D eigenvalue weighted by Gasteiger charge is 2.30. The summed E-state index contributed by atoms with van der Waals surface area (Å²) in [6.07, 6.45) is 2.40. The first-order chi connectivity index (χ1) is 8.72. The molecular formula is C13H26ClN3O2. The van der Waals surface area contributed by atoms with E-state index in [0.29, 0.717) is 38.3 Å². The molecule has 0 aromatic heterocycles. The zero-order valence-corrected chi connectivity index (χ0v) is 12.5. The fourth-order valence-corrected chi connectivity index (χ4v) is 3.00. The van der Waals surface area contributed by atoms with Gasteiger partial charge in [0.05, 0.1) is 19.8 Å².